The largest absolute Gasteiger partial charge is 0.247 e. The van der Waals surface area contributed by atoms with E-state index in [9.17, 15) is 12.6 Å². The van der Waals surface area contributed by atoms with E-state index in [2.05, 4.69) is 4.98 Å². The van der Waals surface area contributed by atoms with Crippen LogP contribution < -0.4 is 0 Å². The van der Waals surface area contributed by atoms with E-state index in [0.29, 0.717) is 16.2 Å². The molecule has 0 N–H and O–H groups in total. The highest BCUT2D eigenvalue weighted by Crippen LogP contribution is 2.31. The first kappa shape index (κ1) is 19.5. The zero-order valence-corrected chi connectivity index (χ0v) is 17.3. The third kappa shape index (κ3) is 3.87. The van der Waals surface area contributed by atoms with E-state index >= 15 is 0 Å². The molecular weight excluding hydrogens is 378 g/mol. The van der Waals surface area contributed by atoms with Crippen LogP contribution in [0.5, 0.6) is 0 Å². The van der Waals surface area contributed by atoms with Gasteiger partial charge in [-0.2, -0.15) is 0 Å². The van der Waals surface area contributed by atoms with Crippen LogP contribution in [-0.2, 0) is 20.6 Å². The molecule has 27 heavy (non-hydrogen) atoms. The fourth-order valence-electron chi connectivity index (χ4n) is 2.85. The zero-order chi connectivity index (χ0) is 19.8. The van der Waals surface area contributed by atoms with Crippen molar-refractivity contribution in [3.8, 4) is 0 Å². The molecule has 0 spiro atoms. The molecule has 0 aliphatic rings. The normalized spacial score (nSPS) is 12.7. The van der Waals surface area contributed by atoms with Crippen molar-refractivity contribution in [2.45, 2.75) is 47.4 Å². The lowest BCUT2D eigenvalue weighted by atomic mass is 10.2. The molecule has 3 rings (SSSR count). The second kappa shape index (κ2) is 7.37. The van der Waals surface area contributed by atoms with E-state index in [1.54, 1.807) is 56.3 Å². The van der Waals surface area contributed by atoms with Crippen molar-refractivity contribution in [2.24, 2.45) is 0 Å². The highest BCUT2D eigenvalue weighted by Gasteiger charge is 2.28. The molecule has 3 aromatic rings. The standard InChI is InChI=1S/C21H21NO3S2/c1-14-5-9-18(10-6-14)26(23)21-20(16(3)13-17(4)22-21)27(24,25)19-11-7-15(2)8-12-19/h5-13H,1-4H3/t26-/m0/s1. The van der Waals surface area contributed by atoms with Crippen LogP contribution in [0.25, 0.3) is 0 Å². The lowest BCUT2D eigenvalue weighted by Gasteiger charge is -2.14. The summed E-state index contributed by atoms with van der Waals surface area (Å²) in [7, 11) is -5.55. The van der Waals surface area contributed by atoms with E-state index in [-0.39, 0.29) is 14.8 Å². The van der Waals surface area contributed by atoms with E-state index in [1.165, 1.54) is 0 Å². The Morgan fingerprint density at radius 2 is 1.33 bits per heavy atom. The summed E-state index contributed by atoms with van der Waals surface area (Å²) in [5.74, 6) is 0. The second-order valence-electron chi connectivity index (χ2n) is 6.61. The Bertz CT molecular complexity index is 1120. The minimum absolute atomic E-state index is 0.0239. The molecular formula is C21H21NO3S2. The summed E-state index contributed by atoms with van der Waals surface area (Å²) in [6, 6.07) is 15.5. The Morgan fingerprint density at radius 1 is 0.815 bits per heavy atom. The minimum Gasteiger partial charge on any atom is -0.247 e. The Labute approximate surface area is 162 Å². The molecule has 0 bridgehead atoms. The average Bonchev–Trinajstić information content (AvgIpc) is 2.61. The number of nitrogens with zero attached hydrogens (tertiary/aromatic N) is 1. The molecule has 4 nitrogen and oxygen atoms in total. The third-order valence-electron chi connectivity index (χ3n) is 4.27. The Kier molecular flexibility index (Phi) is 5.31. The van der Waals surface area contributed by atoms with Gasteiger partial charge in [-0.05, 0) is 63.6 Å². The average molecular weight is 400 g/mol. The van der Waals surface area contributed by atoms with Gasteiger partial charge in [0.25, 0.3) is 0 Å². The van der Waals surface area contributed by atoms with Crippen LogP contribution >= 0.6 is 0 Å². The fourth-order valence-corrected chi connectivity index (χ4v) is 6.06. The minimum atomic E-state index is -3.85. The summed E-state index contributed by atoms with van der Waals surface area (Å²) in [5, 5.41) is 0.0805. The van der Waals surface area contributed by atoms with E-state index in [4.69, 9.17) is 0 Å². The molecule has 0 radical (unpaired) electrons. The smallest absolute Gasteiger partial charge is 0.209 e. The molecule has 0 unspecified atom stereocenters. The number of aryl methyl sites for hydroxylation is 4. The van der Waals surface area contributed by atoms with E-state index in [0.717, 1.165) is 11.1 Å². The number of benzene rings is 2. The van der Waals surface area contributed by atoms with Gasteiger partial charge in [0, 0.05) is 10.6 Å². The molecule has 6 heteroatoms. The molecule has 1 heterocycles. The first-order chi connectivity index (χ1) is 12.7. The van der Waals surface area contributed by atoms with Gasteiger partial charge in [0.1, 0.15) is 15.7 Å². The van der Waals surface area contributed by atoms with Gasteiger partial charge in [0.15, 0.2) is 5.03 Å². The molecule has 1 aromatic heterocycles. The molecule has 0 aliphatic heterocycles. The Balaban J connectivity index is 2.23. The van der Waals surface area contributed by atoms with Crippen molar-refractivity contribution in [3.05, 3.63) is 77.0 Å². The van der Waals surface area contributed by atoms with Crippen LogP contribution in [-0.4, -0.2) is 17.6 Å². The van der Waals surface area contributed by atoms with Crippen LogP contribution in [0.15, 0.2) is 74.3 Å². The third-order valence-corrected chi connectivity index (χ3v) is 7.69. The van der Waals surface area contributed by atoms with Gasteiger partial charge in [0.2, 0.25) is 9.84 Å². The van der Waals surface area contributed by atoms with Gasteiger partial charge < -0.3 is 0 Å². The molecule has 0 saturated carbocycles. The first-order valence-corrected chi connectivity index (χ1v) is 11.1. The number of rotatable bonds is 4. The van der Waals surface area contributed by atoms with Crippen molar-refractivity contribution in [1.29, 1.82) is 0 Å². The highest BCUT2D eigenvalue weighted by atomic mass is 32.2. The lowest BCUT2D eigenvalue weighted by Crippen LogP contribution is -2.12. The monoisotopic (exact) mass is 399 g/mol. The van der Waals surface area contributed by atoms with Crippen molar-refractivity contribution in [3.63, 3.8) is 0 Å². The lowest BCUT2D eigenvalue weighted by molar-refractivity contribution is 0.590. The predicted octanol–water partition coefficient (Wildman–Crippen LogP) is 4.31. The number of aromatic nitrogens is 1. The summed E-state index contributed by atoms with van der Waals surface area (Å²) in [5.41, 5.74) is 3.18. The number of hydrogen-bond donors (Lipinski definition) is 0. The number of pyridine rings is 1. The number of sulfone groups is 1. The molecule has 2 aromatic carbocycles. The van der Waals surface area contributed by atoms with Gasteiger partial charge in [0.05, 0.1) is 4.90 Å². The molecule has 0 amide bonds. The van der Waals surface area contributed by atoms with Crippen LogP contribution in [0.4, 0.5) is 0 Å². The first-order valence-electron chi connectivity index (χ1n) is 8.48. The molecule has 140 valence electrons. The van der Waals surface area contributed by atoms with Crippen molar-refractivity contribution in [1.82, 2.24) is 4.98 Å². The summed E-state index contributed by atoms with van der Waals surface area (Å²) in [6.07, 6.45) is 0. The van der Waals surface area contributed by atoms with Crippen molar-refractivity contribution in [2.75, 3.05) is 0 Å². The zero-order valence-electron chi connectivity index (χ0n) is 15.7. The van der Waals surface area contributed by atoms with Crippen molar-refractivity contribution < 1.29 is 12.6 Å². The van der Waals surface area contributed by atoms with Crippen LogP contribution in [0.3, 0.4) is 0 Å². The molecule has 1 atom stereocenters. The number of hydrogen-bond acceptors (Lipinski definition) is 4. The topological polar surface area (TPSA) is 64.1 Å². The van der Waals surface area contributed by atoms with Gasteiger partial charge in [-0.25, -0.2) is 17.6 Å². The van der Waals surface area contributed by atoms with Crippen LogP contribution in [0.1, 0.15) is 22.4 Å². The summed E-state index contributed by atoms with van der Waals surface area (Å²) < 4.78 is 39.8. The highest BCUT2D eigenvalue weighted by molar-refractivity contribution is 7.92. The second-order valence-corrected chi connectivity index (χ2v) is 9.90. The molecule has 0 aliphatic carbocycles. The van der Waals surface area contributed by atoms with Gasteiger partial charge >= 0.3 is 0 Å². The maximum Gasteiger partial charge on any atom is 0.209 e. The van der Waals surface area contributed by atoms with Gasteiger partial charge in [-0.3, -0.25) is 0 Å². The maximum atomic E-state index is 13.3. The summed E-state index contributed by atoms with van der Waals surface area (Å²) >= 11 is 0. The van der Waals surface area contributed by atoms with Crippen LogP contribution in [0.2, 0.25) is 0 Å². The Morgan fingerprint density at radius 3 is 1.89 bits per heavy atom. The fraction of sp³-hybridized carbons (Fsp3) is 0.190. The predicted molar refractivity (Wildman–Crippen MR) is 106 cm³/mol. The SMILES string of the molecule is Cc1ccc([S@](=O)c2nc(C)cc(C)c2S(=O)(=O)c2ccc(C)cc2)cc1. The van der Waals surface area contributed by atoms with Crippen LogP contribution in [0, 0.1) is 27.7 Å². The van der Waals surface area contributed by atoms with E-state index < -0.39 is 20.6 Å². The van der Waals surface area contributed by atoms with Gasteiger partial charge in [-0.1, -0.05) is 35.4 Å². The van der Waals surface area contributed by atoms with Gasteiger partial charge in [-0.15, -0.1) is 0 Å². The maximum absolute atomic E-state index is 13.3. The quantitative estimate of drug-likeness (QED) is 0.656. The van der Waals surface area contributed by atoms with E-state index in [1.807, 2.05) is 26.0 Å². The Hall–Kier alpha value is -2.31. The summed E-state index contributed by atoms with van der Waals surface area (Å²) in [6.45, 7) is 7.32. The van der Waals surface area contributed by atoms with Crippen molar-refractivity contribution >= 4 is 20.6 Å². The molecule has 0 fully saturated rings. The molecule has 0 saturated heterocycles. The summed E-state index contributed by atoms with van der Waals surface area (Å²) in [4.78, 5) is 5.08.